The molecule has 0 atom stereocenters. The molecule has 0 fully saturated rings. The van der Waals surface area contributed by atoms with Crippen LogP contribution >= 0.6 is 24.0 Å². The van der Waals surface area contributed by atoms with Crippen LogP contribution in [0.3, 0.4) is 0 Å². The lowest BCUT2D eigenvalue weighted by Gasteiger charge is -2.10. The molecule has 0 saturated heterocycles. The van der Waals surface area contributed by atoms with Crippen LogP contribution in [0, 0.1) is 0 Å². The Morgan fingerprint density at radius 1 is 1.27 bits per heavy atom. The predicted octanol–water partition coefficient (Wildman–Crippen LogP) is 3.35. The maximum atomic E-state index is 12.0. The molecule has 0 aromatic heterocycles. The number of halogens is 4. The van der Waals surface area contributed by atoms with Gasteiger partial charge in [-0.3, -0.25) is 4.99 Å². The van der Waals surface area contributed by atoms with Gasteiger partial charge in [0.1, 0.15) is 5.75 Å². The minimum atomic E-state index is -4.70. The minimum Gasteiger partial charge on any atom is -0.406 e. The summed E-state index contributed by atoms with van der Waals surface area (Å²) in [6.45, 7) is 4.66. The number of anilines is 1. The van der Waals surface area contributed by atoms with Crippen molar-refractivity contribution in [2.45, 2.75) is 26.3 Å². The highest BCUT2D eigenvalue weighted by molar-refractivity contribution is 14.0. The summed E-state index contributed by atoms with van der Waals surface area (Å²) in [6.07, 6.45) is -4.58. The first-order chi connectivity index (χ1) is 9.76. The molecular weight excluding hydrogens is 414 g/mol. The first kappa shape index (κ1) is 20.8. The molecule has 5 nitrogen and oxygen atoms in total. The second-order valence-corrected chi connectivity index (χ2v) is 4.38. The predicted molar refractivity (Wildman–Crippen MR) is 89.7 cm³/mol. The van der Waals surface area contributed by atoms with Gasteiger partial charge in [0.05, 0.1) is 19.3 Å². The third-order valence-corrected chi connectivity index (χ3v) is 2.18. The number of rotatable bonds is 6. The number of ether oxygens (including phenoxy) is 2. The Kier molecular flexibility index (Phi) is 9.18. The van der Waals surface area contributed by atoms with Crippen LogP contribution in [-0.4, -0.2) is 31.6 Å². The molecule has 0 bridgehead atoms. The highest BCUT2D eigenvalue weighted by atomic mass is 127. The van der Waals surface area contributed by atoms with Gasteiger partial charge in [0.2, 0.25) is 0 Å². The molecule has 0 heterocycles. The maximum Gasteiger partial charge on any atom is 0.573 e. The molecule has 1 aromatic carbocycles. The molecule has 0 aliphatic heterocycles. The van der Waals surface area contributed by atoms with E-state index in [-0.39, 0.29) is 41.8 Å². The van der Waals surface area contributed by atoms with E-state index >= 15 is 0 Å². The van der Waals surface area contributed by atoms with E-state index in [4.69, 9.17) is 10.5 Å². The Balaban J connectivity index is 0.00000441. The van der Waals surface area contributed by atoms with E-state index in [1.165, 1.54) is 24.3 Å². The minimum absolute atomic E-state index is 0. The Hall–Kier alpha value is -1.23. The lowest BCUT2D eigenvalue weighted by molar-refractivity contribution is -0.274. The molecule has 22 heavy (non-hydrogen) atoms. The molecule has 0 amide bonds. The molecule has 0 saturated carbocycles. The molecule has 9 heteroatoms. The van der Waals surface area contributed by atoms with Gasteiger partial charge in [0.25, 0.3) is 0 Å². The lowest BCUT2D eigenvalue weighted by atomic mass is 10.3. The van der Waals surface area contributed by atoms with Crippen LogP contribution in [0.4, 0.5) is 18.9 Å². The van der Waals surface area contributed by atoms with E-state index in [1.54, 1.807) is 0 Å². The molecule has 0 radical (unpaired) electrons. The number of nitrogens with zero attached hydrogens (tertiary/aromatic N) is 1. The normalized spacial score (nSPS) is 12.0. The van der Waals surface area contributed by atoms with E-state index in [2.05, 4.69) is 15.0 Å². The van der Waals surface area contributed by atoms with Crippen molar-refractivity contribution < 1.29 is 22.6 Å². The van der Waals surface area contributed by atoms with Crippen LogP contribution < -0.4 is 15.8 Å². The summed E-state index contributed by atoms with van der Waals surface area (Å²) in [4.78, 5) is 4.02. The number of guanidine groups is 1. The lowest BCUT2D eigenvalue weighted by Crippen LogP contribution is -2.23. The van der Waals surface area contributed by atoms with E-state index in [9.17, 15) is 13.2 Å². The van der Waals surface area contributed by atoms with Gasteiger partial charge in [-0.15, -0.1) is 37.1 Å². The van der Waals surface area contributed by atoms with Crippen molar-refractivity contribution in [3.05, 3.63) is 24.3 Å². The summed E-state index contributed by atoms with van der Waals surface area (Å²) in [7, 11) is 0. The fourth-order valence-electron chi connectivity index (χ4n) is 1.38. The fraction of sp³-hybridized carbons (Fsp3) is 0.462. The van der Waals surface area contributed by atoms with Gasteiger partial charge < -0.3 is 20.5 Å². The number of benzene rings is 1. The molecule has 1 rings (SSSR count). The average molecular weight is 433 g/mol. The van der Waals surface area contributed by atoms with Gasteiger partial charge in [-0.1, -0.05) is 0 Å². The number of nitrogens with two attached hydrogens (primary N) is 1. The van der Waals surface area contributed by atoms with E-state index < -0.39 is 6.36 Å². The molecule has 0 spiro atoms. The second kappa shape index (κ2) is 9.72. The van der Waals surface area contributed by atoms with Gasteiger partial charge in [-0.05, 0) is 38.1 Å². The van der Waals surface area contributed by atoms with Crippen molar-refractivity contribution in [1.82, 2.24) is 0 Å². The number of hydrogen-bond acceptors (Lipinski definition) is 3. The van der Waals surface area contributed by atoms with E-state index in [1.807, 2.05) is 13.8 Å². The van der Waals surface area contributed by atoms with Crippen molar-refractivity contribution in [2.75, 3.05) is 18.5 Å². The highest BCUT2D eigenvalue weighted by Gasteiger charge is 2.30. The Morgan fingerprint density at radius 3 is 2.36 bits per heavy atom. The summed E-state index contributed by atoms with van der Waals surface area (Å²) < 4.78 is 45.0. The SMILES string of the molecule is CC(C)OCCN=C(N)Nc1ccc(OC(F)(F)F)cc1.I. The number of nitrogens with one attached hydrogen (secondary N) is 1. The molecule has 126 valence electrons. The molecule has 0 unspecified atom stereocenters. The van der Waals surface area contributed by atoms with Crippen LogP contribution in [0.15, 0.2) is 29.3 Å². The van der Waals surface area contributed by atoms with Crippen LogP contribution in [0.25, 0.3) is 0 Å². The summed E-state index contributed by atoms with van der Waals surface area (Å²) in [5.41, 5.74) is 6.14. The Morgan fingerprint density at radius 2 is 1.86 bits per heavy atom. The van der Waals surface area contributed by atoms with E-state index in [0.717, 1.165) is 0 Å². The monoisotopic (exact) mass is 433 g/mol. The molecule has 3 N–H and O–H groups in total. The second-order valence-electron chi connectivity index (χ2n) is 4.38. The standard InChI is InChI=1S/C13H18F3N3O2.HI/c1-9(2)20-8-7-18-12(17)19-10-3-5-11(6-4-10)21-13(14,15)16;/h3-6,9H,7-8H2,1-2H3,(H3,17,18,19);1H. The van der Waals surface area contributed by atoms with Gasteiger partial charge in [-0.25, -0.2) is 0 Å². The quantitative estimate of drug-likeness (QED) is 0.313. The van der Waals surface area contributed by atoms with Crippen molar-refractivity contribution in [3.63, 3.8) is 0 Å². The Bertz CT molecular complexity index is 465. The zero-order chi connectivity index (χ0) is 15.9. The summed E-state index contributed by atoms with van der Waals surface area (Å²) >= 11 is 0. The van der Waals surface area contributed by atoms with Gasteiger partial charge in [0, 0.05) is 5.69 Å². The zero-order valence-electron chi connectivity index (χ0n) is 12.2. The molecule has 1 aromatic rings. The largest absolute Gasteiger partial charge is 0.573 e. The summed E-state index contributed by atoms with van der Waals surface area (Å²) in [5.74, 6) is -0.138. The highest BCUT2D eigenvalue weighted by Crippen LogP contribution is 2.23. The first-order valence-corrected chi connectivity index (χ1v) is 6.30. The molecular formula is C13H19F3IN3O2. The van der Waals surface area contributed by atoms with Crippen molar-refractivity contribution in [2.24, 2.45) is 10.7 Å². The van der Waals surface area contributed by atoms with Gasteiger partial charge >= 0.3 is 6.36 Å². The average Bonchev–Trinajstić information content (AvgIpc) is 2.35. The van der Waals surface area contributed by atoms with E-state index in [0.29, 0.717) is 18.8 Å². The van der Waals surface area contributed by atoms with Crippen molar-refractivity contribution >= 4 is 35.6 Å². The zero-order valence-corrected chi connectivity index (χ0v) is 14.5. The van der Waals surface area contributed by atoms with Crippen LogP contribution in [0.5, 0.6) is 5.75 Å². The Labute approximate surface area is 144 Å². The van der Waals surface area contributed by atoms with Crippen LogP contribution in [-0.2, 0) is 4.74 Å². The molecule has 0 aliphatic rings. The third kappa shape index (κ3) is 9.66. The summed E-state index contributed by atoms with van der Waals surface area (Å²) in [6, 6.07) is 5.19. The fourth-order valence-corrected chi connectivity index (χ4v) is 1.38. The number of alkyl halides is 3. The van der Waals surface area contributed by atoms with Gasteiger partial charge in [0.15, 0.2) is 5.96 Å². The smallest absolute Gasteiger partial charge is 0.406 e. The number of aliphatic imine (C=N–C) groups is 1. The van der Waals surface area contributed by atoms with Crippen molar-refractivity contribution in [1.29, 1.82) is 0 Å². The maximum absolute atomic E-state index is 12.0. The van der Waals surface area contributed by atoms with Crippen LogP contribution in [0.2, 0.25) is 0 Å². The van der Waals surface area contributed by atoms with Crippen molar-refractivity contribution in [3.8, 4) is 5.75 Å². The third-order valence-electron chi connectivity index (χ3n) is 2.18. The topological polar surface area (TPSA) is 68.9 Å². The first-order valence-electron chi connectivity index (χ1n) is 6.30. The summed E-state index contributed by atoms with van der Waals surface area (Å²) in [5, 5.41) is 2.76. The van der Waals surface area contributed by atoms with Gasteiger partial charge in [-0.2, -0.15) is 0 Å². The van der Waals surface area contributed by atoms with Crippen LogP contribution in [0.1, 0.15) is 13.8 Å². The number of hydrogen-bond donors (Lipinski definition) is 2. The molecule has 0 aliphatic carbocycles.